The molecule has 0 atom stereocenters. The van der Waals surface area contributed by atoms with Crippen molar-refractivity contribution in [2.45, 2.75) is 26.7 Å². The van der Waals surface area contributed by atoms with Gasteiger partial charge in [0.15, 0.2) is 0 Å². The number of benzene rings is 1. The summed E-state index contributed by atoms with van der Waals surface area (Å²) in [4.78, 5) is 4.46. The molecule has 1 heterocycles. The topological polar surface area (TPSA) is 29.9 Å². The Morgan fingerprint density at radius 3 is 2.89 bits per heavy atom. The highest BCUT2D eigenvalue weighted by Gasteiger charge is 2.10. The van der Waals surface area contributed by atoms with Gasteiger partial charge in [0, 0.05) is 17.2 Å². The first-order valence-electron chi connectivity index (χ1n) is 6.37. The summed E-state index contributed by atoms with van der Waals surface area (Å²) in [5.41, 5.74) is 1.80. The number of hydrogen-bond donors (Lipinski definition) is 1. The van der Waals surface area contributed by atoms with Crippen molar-refractivity contribution in [3.8, 4) is 5.69 Å². The van der Waals surface area contributed by atoms with E-state index in [1.165, 1.54) is 12.1 Å². The Balaban J connectivity index is 2.32. The zero-order valence-electron chi connectivity index (χ0n) is 11.1. The van der Waals surface area contributed by atoms with Gasteiger partial charge in [-0.05, 0) is 47.5 Å². The molecule has 102 valence electrons. The lowest BCUT2D eigenvalue weighted by Gasteiger charge is -2.11. The molecule has 0 aliphatic rings. The average molecular weight is 326 g/mol. The molecule has 0 fully saturated rings. The molecule has 3 nitrogen and oxygen atoms in total. The highest BCUT2D eigenvalue weighted by molar-refractivity contribution is 9.10. The lowest BCUT2D eigenvalue weighted by atomic mass is 10.3. The van der Waals surface area contributed by atoms with E-state index in [0.29, 0.717) is 4.47 Å². The van der Waals surface area contributed by atoms with Gasteiger partial charge in [-0.1, -0.05) is 13.3 Å². The lowest BCUT2D eigenvalue weighted by molar-refractivity contribution is 0.626. The minimum atomic E-state index is -0.257. The first-order valence-corrected chi connectivity index (χ1v) is 7.16. The van der Waals surface area contributed by atoms with Crippen LogP contribution in [0, 0.1) is 12.7 Å². The summed E-state index contributed by atoms with van der Waals surface area (Å²) in [5, 5.41) is 3.31. The second-order valence-corrected chi connectivity index (χ2v) is 5.31. The molecule has 0 unspecified atom stereocenters. The largest absolute Gasteiger partial charge is 0.355 e. The Morgan fingerprint density at radius 2 is 2.21 bits per heavy atom. The first kappa shape index (κ1) is 14.1. The molecule has 0 saturated heterocycles. The Bertz CT molecular complexity index is 566. The molecule has 0 saturated carbocycles. The van der Waals surface area contributed by atoms with E-state index in [1.807, 2.05) is 17.7 Å². The van der Waals surface area contributed by atoms with Crippen molar-refractivity contribution in [2.75, 3.05) is 11.9 Å². The van der Waals surface area contributed by atoms with E-state index in [9.17, 15) is 4.39 Å². The molecular formula is C14H17BrFN3. The van der Waals surface area contributed by atoms with Gasteiger partial charge < -0.3 is 5.32 Å². The fourth-order valence-corrected chi connectivity index (χ4v) is 2.40. The number of halogens is 2. The van der Waals surface area contributed by atoms with Gasteiger partial charge in [0.25, 0.3) is 0 Å². The van der Waals surface area contributed by atoms with Gasteiger partial charge >= 0.3 is 0 Å². The number of unbranched alkanes of at least 4 members (excludes halogenated alkanes) is 1. The number of aromatic nitrogens is 2. The normalized spacial score (nSPS) is 10.7. The predicted molar refractivity (Wildman–Crippen MR) is 79.4 cm³/mol. The molecule has 2 rings (SSSR count). The molecule has 1 N–H and O–H groups in total. The number of rotatable bonds is 5. The molecular weight excluding hydrogens is 309 g/mol. The Morgan fingerprint density at radius 1 is 1.42 bits per heavy atom. The summed E-state index contributed by atoms with van der Waals surface area (Å²) in [5.74, 6) is 0.534. The predicted octanol–water partition coefficient (Wildman–Crippen LogP) is 4.29. The van der Waals surface area contributed by atoms with Gasteiger partial charge in [-0.25, -0.2) is 9.37 Å². The SMILES string of the molecule is CCCCNc1nc(C)cn1-c1ccc(F)cc1Br. The number of hydrogen-bond acceptors (Lipinski definition) is 2. The Kier molecular flexibility index (Phi) is 4.58. The number of imidazole rings is 1. The maximum absolute atomic E-state index is 13.1. The standard InChI is InChI=1S/C14H17BrFN3/c1-3-4-7-17-14-18-10(2)9-19(14)13-6-5-11(16)8-12(13)15/h5-6,8-9H,3-4,7H2,1-2H3,(H,17,18). The van der Waals surface area contributed by atoms with E-state index in [-0.39, 0.29) is 5.82 Å². The molecule has 2 aromatic rings. The van der Waals surface area contributed by atoms with Gasteiger partial charge in [0.1, 0.15) is 5.82 Å². The van der Waals surface area contributed by atoms with E-state index < -0.39 is 0 Å². The van der Waals surface area contributed by atoms with E-state index >= 15 is 0 Å². The van der Waals surface area contributed by atoms with Crippen LogP contribution in [0.25, 0.3) is 5.69 Å². The maximum atomic E-state index is 13.1. The van der Waals surface area contributed by atoms with E-state index in [0.717, 1.165) is 36.7 Å². The summed E-state index contributed by atoms with van der Waals surface area (Å²) in [6.07, 6.45) is 4.16. The lowest BCUT2D eigenvalue weighted by Crippen LogP contribution is -2.07. The van der Waals surface area contributed by atoms with Gasteiger partial charge in [0.2, 0.25) is 5.95 Å². The van der Waals surface area contributed by atoms with Crippen LogP contribution in [0.2, 0.25) is 0 Å². The molecule has 0 radical (unpaired) electrons. The second-order valence-electron chi connectivity index (χ2n) is 4.45. The van der Waals surface area contributed by atoms with Crippen molar-refractivity contribution < 1.29 is 4.39 Å². The monoisotopic (exact) mass is 325 g/mol. The van der Waals surface area contributed by atoms with Crippen LogP contribution >= 0.6 is 15.9 Å². The summed E-state index contributed by atoms with van der Waals surface area (Å²) < 4.78 is 15.8. The van der Waals surface area contributed by atoms with Gasteiger partial charge in [-0.15, -0.1) is 0 Å². The number of nitrogens with one attached hydrogen (secondary N) is 1. The summed E-state index contributed by atoms with van der Waals surface area (Å²) in [6.45, 7) is 4.97. The minimum Gasteiger partial charge on any atom is -0.355 e. The van der Waals surface area contributed by atoms with Crippen LogP contribution < -0.4 is 5.32 Å². The van der Waals surface area contributed by atoms with Gasteiger partial charge in [-0.3, -0.25) is 4.57 Å². The minimum absolute atomic E-state index is 0.257. The molecule has 19 heavy (non-hydrogen) atoms. The fourth-order valence-electron chi connectivity index (χ4n) is 1.86. The molecule has 0 spiro atoms. The van der Waals surface area contributed by atoms with Crippen LogP contribution in [0.1, 0.15) is 25.5 Å². The highest BCUT2D eigenvalue weighted by Crippen LogP contribution is 2.25. The maximum Gasteiger partial charge on any atom is 0.207 e. The summed E-state index contributed by atoms with van der Waals surface area (Å²) in [6, 6.07) is 4.65. The quantitative estimate of drug-likeness (QED) is 0.831. The number of aryl methyl sites for hydroxylation is 1. The number of nitrogens with zero attached hydrogens (tertiary/aromatic N) is 2. The van der Waals surface area contributed by atoms with E-state index in [1.54, 1.807) is 6.07 Å². The van der Waals surface area contributed by atoms with E-state index in [2.05, 4.69) is 33.2 Å². The van der Waals surface area contributed by atoms with Crippen molar-refractivity contribution in [2.24, 2.45) is 0 Å². The molecule has 0 aliphatic carbocycles. The van der Waals surface area contributed by atoms with Crippen LogP contribution in [0.15, 0.2) is 28.9 Å². The van der Waals surface area contributed by atoms with Crippen molar-refractivity contribution in [1.29, 1.82) is 0 Å². The summed E-state index contributed by atoms with van der Waals surface area (Å²) in [7, 11) is 0. The molecule has 5 heteroatoms. The number of anilines is 1. The van der Waals surface area contributed by atoms with Crippen molar-refractivity contribution in [3.63, 3.8) is 0 Å². The molecule has 1 aromatic carbocycles. The average Bonchev–Trinajstić information content (AvgIpc) is 2.71. The third-order valence-corrected chi connectivity index (χ3v) is 3.44. The van der Waals surface area contributed by atoms with Crippen molar-refractivity contribution in [3.05, 3.63) is 40.4 Å². The zero-order valence-corrected chi connectivity index (χ0v) is 12.7. The highest BCUT2D eigenvalue weighted by atomic mass is 79.9. The Hall–Kier alpha value is -1.36. The van der Waals surface area contributed by atoms with Crippen LogP contribution in [-0.2, 0) is 0 Å². The van der Waals surface area contributed by atoms with Crippen LogP contribution in [0.3, 0.4) is 0 Å². The molecule has 0 bridgehead atoms. The molecule has 1 aromatic heterocycles. The van der Waals surface area contributed by atoms with E-state index in [4.69, 9.17) is 0 Å². The third-order valence-electron chi connectivity index (χ3n) is 2.81. The second kappa shape index (κ2) is 6.19. The smallest absolute Gasteiger partial charge is 0.207 e. The first-order chi connectivity index (χ1) is 9.11. The summed E-state index contributed by atoms with van der Waals surface area (Å²) >= 11 is 3.39. The molecule has 0 aliphatic heterocycles. The molecule has 0 amide bonds. The fraction of sp³-hybridized carbons (Fsp3) is 0.357. The van der Waals surface area contributed by atoms with Crippen molar-refractivity contribution >= 4 is 21.9 Å². The Labute approximate surface area is 121 Å². The zero-order chi connectivity index (χ0) is 13.8. The van der Waals surface area contributed by atoms with Crippen LogP contribution in [0.5, 0.6) is 0 Å². The van der Waals surface area contributed by atoms with Gasteiger partial charge in [0.05, 0.1) is 11.4 Å². The van der Waals surface area contributed by atoms with Crippen LogP contribution in [-0.4, -0.2) is 16.1 Å². The van der Waals surface area contributed by atoms with Crippen molar-refractivity contribution in [1.82, 2.24) is 9.55 Å². The van der Waals surface area contributed by atoms with Gasteiger partial charge in [-0.2, -0.15) is 0 Å². The third kappa shape index (κ3) is 3.35. The van der Waals surface area contributed by atoms with Crippen LogP contribution in [0.4, 0.5) is 10.3 Å².